The zero-order valence-corrected chi connectivity index (χ0v) is 14.7. The number of amides is 1. The standard InChI is InChI=1S/C16H16F3N3O4S/c17-16(18,19)11-1-3-12(4-2-11)21-15(23)14-9-13(10-20-14)27(24,25)22-5-7-26-8-6-22/h1-4,9-10,20H,5-8H2,(H,21,23). The third-order valence-corrected chi connectivity index (χ3v) is 5.86. The predicted octanol–water partition coefficient (Wildman–Crippen LogP) is 2.31. The Hall–Kier alpha value is -2.37. The second-order valence-electron chi connectivity index (χ2n) is 5.79. The molecule has 1 amide bonds. The maximum Gasteiger partial charge on any atom is 0.416 e. The second-order valence-corrected chi connectivity index (χ2v) is 7.73. The van der Waals surface area contributed by atoms with Gasteiger partial charge in [-0.1, -0.05) is 0 Å². The summed E-state index contributed by atoms with van der Waals surface area (Å²) in [6.45, 7) is 1.04. The number of H-pyrrole nitrogens is 1. The molecule has 2 heterocycles. The van der Waals surface area contributed by atoms with E-state index in [-0.39, 0.29) is 29.4 Å². The third-order valence-electron chi connectivity index (χ3n) is 3.98. The maximum absolute atomic E-state index is 12.6. The molecule has 2 aromatic rings. The number of nitrogens with one attached hydrogen (secondary N) is 2. The minimum atomic E-state index is -4.47. The number of benzene rings is 1. The quantitative estimate of drug-likeness (QED) is 0.820. The lowest BCUT2D eigenvalue weighted by Gasteiger charge is -2.25. The fourth-order valence-corrected chi connectivity index (χ4v) is 3.93. The molecular weight excluding hydrogens is 387 g/mol. The van der Waals surface area contributed by atoms with Gasteiger partial charge >= 0.3 is 6.18 Å². The van der Waals surface area contributed by atoms with Crippen molar-refractivity contribution in [1.29, 1.82) is 0 Å². The van der Waals surface area contributed by atoms with E-state index >= 15 is 0 Å². The number of ether oxygens (including phenoxy) is 1. The van der Waals surface area contributed by atoms with Crippen molar-refractivity contribution in [3.8, 4) is 0 Å². The molecular formula is C16H16F3N3O4S. The van der Waals surface area contributed by atoms with Crippen LogP contribution in [0.4, 0.5) is 18.9 Å². The Bertz CT molecular complexity index is 917. The van der Waals surface area contributed by atoms with Crippen LogP contribution < -0.4 is 5.32 Å². The largest absolute Gasteiger partial charge is 0.416 e. The van der Waals surface area contributed by atoms with E-state index in [1.165, 1.54) is 16.6 Å². The van der Waals surface area contributed by atoms with Crippen molar-refractivity contribution in [2.45, 2.75) is 11.1 Å². The van der Waals surface area contributed by atoms with Crippen LogP contribution in [0.3, 0.4) is 0 Å². The zero-order chi connectivity index (χ0) is 19.7. The Morgan fingerprint density at radius 1 is 1.15 bits per heavy atom. The third kappa shape index (κ3) is 4.31. The fraction of sp³-hybridized carbons (Fsp3) is 0.312. The number of alkyl halides is 3. The molecule has 146 valence electrons. The molecule has 0 aliphatic carbocycles. The number of aromatic nitrogens is 1. The lowest BCUT2D eigenvalue weighted by molar-refractivity contribution is -0.137. The smallest absolute Gasteiger partial charge is 0.379 e. The number of halogens is 3. The van der Waals surface area contributed by atoms with Crippen LogP contribution in [0, 0.1) is 0 Å². The van der Waals surface area contributed by atoms with E-state index in [1.807, 2.05) is 0 Å². The van der Waals surface area contributed by atoms with Crippen molar-refractivity contribution in [3.63, 3.8) is 0 Å². The Morgan fingerprint density at radius 3 is 2.37 bits per heavy atom. The zero-order valence-electron chi connectivity index (χ0n) is 13.9. The molecule has 1 aromatic carbocycles. The molecule has 0 spiro atoms. The van der Waals surface area contributed by atoms with Gasteiger partial charge < -0.3 is 15.0 Å². The molecule has 0 bridgehead atoms. The van der Waals surface area contributed by atoms with Gasteiger partial charge in [0.05, 0.1) is 18.8 Å². The number of morpholine rings is 1. The topological polar surface area (TPSA) is 91.5 Å². The molecule has 0 unspecified atom stereocenters. The first-order chi connectivity index (χ1) is 12.7. The average molecular weight is 403 g/mol. The van der Waals surface area contributed by atoms with E-state index in [4.69, 9.17) is 4.74 Å². The molecule has 2 N–H and O–H groups in total. The molecule has 0 radical (unpaired) electrons. The SMILES string of the molecule is O=C(Nc1ccc(C(F)(F)F)cc1)c1cc(S(=O)(=O)N2CCOCC2)c[nH]1. The maximum atomic E-state index is 12.6. The highest BCUT2D eigenvalue weighted by atomic mass is 32.2. The summed E-state index contributed by atoms with van der Waals surface area (Å²) >= 11 is 0. The van der Waals surface area contributed by atoms with Crippen LogP contribution in [0.5, 0.6) is 0 Å². The van der Waals surface area contributed by atoms with Gasteiger partial charge in [-0.3, -0.25) is 4.79 Å². The van der Waals surface area contributed by atoms with Crippen molar-refractivity contribution in [2.24, 2.45) is 0 Å². The normalized spacial score (nSPS) is 16.3. The van der Waals surface area contributed by atoms with Gasteiger partial charge in [-0.05, 0) is 30.3 Å². The van der Waals surface area contributed by atoms with Crippen molar-refractivity contribution in [2.75, 3.05) is 31.6 Å². The molecule has 1 aromatic heterocycles. The highest BCUT2D eigenvalue weighted by Crippen LogP contribution is 2.30. The van der Waals surface area contributed by atoms with Crippen LogP contribution in [-0.4, -0.2) is 49.9 Å². The number of rotatable bonds is 4. The summed E-state index contributed by atoms with van der Waals surface area (Å²) < 4.78 is 69.1. The minimum Gasteiger partial charge on any atom is -0.379 e. The van der Waals surface area contributed by atoms with Gasteiger partial charge in [0, 0.05) is 25.0 Å². The molecule has 1 aliphatic heterocycles. The van der Waals surface area contributed by atoms with Gasteiger partial charge in [-0.2, -0.15) is 17.5 Å². The monoisotopic (exact) mass is 403 g/mol. The number of sulfonamides is 1. The number of aromatic amines is 1. The number of carbonyl (C=O) groups excluding carboxylic acids is 1. The summed E-state index contributed by atoms with van der Waals surface area (Å²) in [5.41, 5.74) is -0.707. The van der Waals surface area contributed by atoms with Gasteiger partial charge in [0.25, 0.3) is 5.91 Å². The molecule has 3 rings (SSSR count). The molecule has 1 fully saturated rings. The molecule has 27 heavy (non-hydrogen) atoms. The van der Waals surface area contributed by atoms with E-state index in [0.717, 1.165) is 24.3 Å². The predicted molar refractivity (Wildman–Crippen MR) is 89.8 cm³/mol. The summed E-state index contributed by atoms with van der Waals surface area (Å²) in [4.78, 5) is 14.7. The second kappa shape index (κ2) is 7.33. The number of hydrogen-bond acceptors (Lipinski definition) is 4. The fourth-order valence-electron chi connectivity index (χ4n) is 2.53. The summed E-state index contributed by atoms with van der Waals surface area (Å²) in [5, 5.41) is 2.42. The first-order valence-electron chi connectivity index (χ1n) is 7.93. The van der Waals surface area contributed by atoms with E-state index in [1.54, 1.807) is 0 Å². The Balaban J connectivity index is 1.71. The lowest BCUT2D eigenvalue weighted by atomic mass is 10.2. The summed E-state index contributed by atoms with van der Waals surface area (Å²) in [6.07, 6.45) is -3.27. The van der Waals surface area contributed by atoms with Gasteiger partial charge in [0.1, 0.15) is 10.6 Å². The summed E-state index contributed by atoms with van der Waals surface area (Å²) in [5.74, 6) is -0.668. The van der Waals surface area contributed by atoms with Crippen LogP contribution in [0.25, 0.3) is 0 Å². The van der Waals surface area contributed by atoms with Crippen molar-refractivity contribution < 1.29 is 31.1 Å². The number of anilines is 1. The van der Waals surface area contributed by atoms with Crippen LogP contribution in [0.1, 0.15) is 16.1 Å². The van der Waals surface area contributed by atoms with Gasteiger partial charge in [0.15, 0.2) is 0 Å². The van der Waals surface area contributed by atoms with Crippen LogP contribution in [-0.2, 0) is 20.9 Å². The van der Waals surface area contributed by atoms with E-state index in [2.05, 4.69) is 10.3 Å². The van der Waals surface area contributed by atoms with E-state index < -0.39 is 27.7 Å². The Kier molecular flexibility index (Phi) is 5.27. The highest BCUT2D eigenvalue weighted by Gasteiger charge is 2.30. The van der Waals surface area contributed by atoms with E-state index in [9.17, 15) is 26.4 Å². The Labute approximate surface area is 153 Å². The van der Waals surface area contributed by atoms with Crippen molar-refractivity contribution >= 4 is 21.6 Å². The molecule has 0 atom stereocenters. The molecule has 0 saturated carbocycles. The van der Waals surface area contributed by atoms with E-state index in [0.29, 0.717) is 13.2 Å². The van der Waals surface area contributed by atoms with Crippen molar-refractivity contribution in [3.05, 3.63) is 47.8 Å². The van der Waals surface area contributed by atoms with Gasteiger partial charge in [0.2, 0.25) is 10.0 Å². The van der Waals surface area contributed by atoms with Gasteiger partial charge in [-0.15, -0.1) is 0 Å². The first-order valence-corrected chi connectivity index (χ1v) is 9.37. The number of carbonyl (C=O) groups is 1. The van der Waals surface area contributed by atoms with Crippen molar-refractivity contribution in [1.82, 2.24) is 9.29 Å². The molecule has 1 saturated heterocycles. The minimum absolute atomic E-state index is 0.0262. The summed E-state index contributed by atoms with van der Waals surface area (Å²) in [6, 6.07) is 5.12. The first kappa shape index (κ1) is 19.4. The van der Waals surface area contributed by atoms with Crippen LogP contribution >= 0.6 is 0 Å². The molecule has 1 aliphatic rings. The molecule has 7 nitrogen and oxygen atoms in total. The molecule has 11 heteroatoms. The van der Waals surface area contributed by atoms with Gasteiger partial charge in [-0.25, -0.2) is 8.42 Å². The van der Waals surface area contributed by atoms with Crippen LogP contribution in [0.15, 0.2) is 41.4 Å². The summed E-state index contributed by atoms with van der Waals surface area (Å²) in [7, 11) is -3.75. The average Bonchev–Trinajstić information content (AvgIpc) is 3.13. The Morgan fingerprint density at radius 2 is 1.78 bits per heavy atom. The number of hydrogen-bond donors (Lipinski definition) is 2. The number of nitrogens with zero attached hydrogens (tertiary/aromatic N) is 1. The lowest BCUT2D eigenvalue weighted by Crippen LogP contribution is -2.40. The highest BCUT2D eigenvalue weighted by molar-refractivity contribution is 7.89. The van der Waals surface area contributed by atoms with Crippen LogP contribution in [0.2, 0.25) is 0 Å².